The summed E-state index contributed by atoms with van der Waals surface area (Å²) in [5.41, 5.74) is 3.42. The van der Waals surface area contributed by atoms with Gasteiger partial charge in [-0.15, -0.1) is 0 Å². The first-order chi connectivity index (χ1) is 10.1. The monoisotopic (exact) mass is 278 g/mol. The Morgan fingerprint density at radius 2 is 1.52 bits per heavy atom. The predicted molar refractivity (Wildman–Crippen MR) is 81.2 cm³/mol. The highest BCUT2D eigenvalue weighted by Gasteiger charge is 2.29. The summed E-state index contributed by atoms with van der Waals surface area (Å²) >= 11 is 0. The number of hydrogen-bond acceptors (Lipinski definition) is 2. The molecule has 0 atom stereocenters. The summed E-state index contributed by atoms with van der Waals surface area (Å²) in [4.78, 5) is 24.2. The Morgan fingerprint density at radius 3 is 2.10 bits per heavy atom. The highest BCUT2D eigenvalue weighted by molar-refractivity contribution is 6.13. The third-order valence-corrected chi connectivity index (χ3v) is 3.41. The van der Waals surface area contributed by atoms with Crippen LogP contribution in [0.5, 0.6) is 0 Å². The van der Waals surface area contributed by atoms with Crippen molar-refractivity contribution in [2.75, 3.05) is 7.05 Å². The number of amides is 3. The summed E-state index contributed by atoms with van der Waals surface area (Å²) in [6, 6.07) is 17.5. The molecule has 1 saturated heterocycles. The fraction of sp³-hybridized carbons (Fsp3) is 0.0588. The van der Waals surface area contributed by atoms with Gasteiger partial charge in [0.2, 0.25) is 0 Å². The van der Waals surface area contributed by atoms with E-state index in [-0.39, 0.29) is 5.91 Å². The van der Waals surface area contributed by atoms with Crippen molar-refractivity contribution < 1.29 is 9.59 Å². The van der Waals surface area contributed by atoms with E-state index in [9.17, 15) is 9.59 Å². The fourth-order valence-corrected chi connectivity index (χ4v) is 2.19. The molecule has 2 aromatic rings. The van der Waals surface area contributed by atoms with E-state index in [0.717, 1.165) is 21.6 Å². The summed E-state index contributed by atoms with van der Waals surface area (Å²) in [6.07, 6.45) is 1.68. The average Bonchev–Trinajstić information content (AvgIpc) is 2.76. The van der Waals surface area contributed by atoms with Gasteiger partial charge >= 0.3 is 6.03 Å². The molecular weight excluding hydrogens is 264 g/mol. The third kappa shape index (κ3) is 2.56. The van der Waals surface area contributed by atoms with E-state index in [1.807, 2.05) is 54.6 Å². The van der Waals surface area contributed by atoms with Crippen molar-refractivity contribution in [3.8, 4) is 11.1 Å². The third-order valence-electron chi connectivity index (χ3n) is 3.41. The number of imide groups is 1. The Balaban J connectivity index is 1.86. The summed E-state index contributed by atoms with van der Waals surface area (Å²) in [6.45, 7) is 0. The molecule has 0 unspecified atom stereocenters. The number of urea groups is 1. The molecule has 0 bridgehead atoms. The number of likely N-dealkylation sites (N-methyl/N-ethyl adjacent to an activating group) is 1. The minimum atomic E-state index is -0.396. The van der Waals surface area contributed by atoms with Crippen LogP contribution in [0.25, 0.3) is 17.2 Å². The van der Waals surface area contributed by atoms with Gasteiger partial charge in [-0.05, 0) is 22.8 Å². The zero-order valence-electron chi connectivity index (χ0n) is 11.5. The molecule has 0 saturated carbocycles. The summed E-state index contributed by atoms with van der Waals surface area (Å²) in [7, 11) is 1.46. The van der Waals surface area contributed by atoms with E-state index < -0.39 is 6.03 Å². The van der Waals surface area contributed by atoms with Crippen molar-refractivity contribution in [3.05, 3.63) is 65.9 Å². The van der Waals surface area contributed by atoms with Crippen LogP contribution < -0.4 is 5.32 Å². The smallest absolute Gasteiger partial charge is 0.303 e. The highest BCUT2D eigenvalue weighted by Crippen LogP contribution is 2.20. The van der Waals surface area contributed by atoms with Crippen LogP contribution in [0, 0.1) is 0 Å². The maximum absolute atomic E-state index is 11.8. The quantitative estimate of drug-likeness (QED) is 0.678. The van der Waals surface area contributed by atoms with Gasteiger partial charge in [-0.25, -0.2) is 4.79 Å². The molecule has 0 aliphatic carbocycles. The highest BCUT2D eigenvalue weighted by atomic mass is 16.2. The topological polar surface area (TPSA) is 49.4 Å². The van der Waals surface area contributed by atoms with Crippen LogP contribution >= 0.6 is 0 Å². The van der Waals surface area contributed by atoms with Crippen LogP contribution in [0.3, 0.4) is 0 Å². The van der Waals surface area contributed by atoms with Crippen molar-refractivity contribution >= 4 is 18.0 Å². The van der Waals surface area contributed by atoms with Gasteiger partial charge in [0, 0.05) is 7.05 Å². The Bertz CT molecular complexity index is 718. The van der Waals surface area contributed by atoms with E-state index >= 15 is 0 Å². The molecule has 0 radical (unpaired) electrons. The lowest BCUT2D eigenvalue weighted by molar-refractivity contribution is -0.121. The Kier molecular flexibility index (Phi) is 3.28. The zero-order chi connectivity index (χ0) is 14.8. The lowest BCUT2D eigenvalue weighted by Gasteiger charge is -2.02. The van der Waals surface area contributed by atoms with E-state index in [0.29, 0.717) is 5.70 Å². The number of hydrogen-bond donors (Lipinski definition) is 1. The average molecular weight is 278 g/mol. The second kappa shape index (κ2) is 5.25. The molecular formula is C17H14N2O2. The second-order valence-corrected chi connectivity index (χ2v) is 4.84. The van der Waals surface area contributed by atoms with Gasteiger partial charge in [-0.2, -0.15) is 0 Å². The first-order valence-corrected chi connectivity index (χ1v) is 6.61. The van der Waals surface area contributed by atoms with E-state index in [1.165, 1.54) is 7.05 Å². The Labute approximate surface area is 122 Å². The number of benzene rings is 2. The van der Waals surface area contributed by atoms with Gasteiger partial charge in [0.15, 0.2) is 0 Å². The maximum atomic E-state index is 11.8. The van der Waals surface area contributed by atoms with Crippen LogP contribution in [0.1, 0.15) is 5.56 Å². The SMILES string of the molecule is CN1C(=O)N/C(=C/c2ccc(-c3ccccc3)cc2)C1=O. The van der Waals surface area contributed by atoms with Crippen LogP contribution in [-0.4, -0.2) is 23.9 Å². The van der Waals surface area contributed by atoms with Gasteiger partial charge in [-0.3, -0.25) is 9.69 Å². The number of nitrogens with one attached hydrogen (secondary N) is 1. The van der Waals surface area contributed by atoms with Crippen LogP contribution in [0.15, 0.2) is 60.3 Å². The molecule has 21 heavy (non-hydrogen) atoms. The van der Waals surface area contributed by atoms with Crippen LogP contribution in [0.4, 0.5) is 4.79 Å². The summed E-state index contributed by atoms with van der Waals surface area (Å²) < 4.78 is 0. The van der Waals surface area contributed by atoms with Crippen LogP contribution in [0.2, 0.25) is 0 Å². The first-order valence-electron chi connectivity index (χ1n) is 6.61. The van der Waals surface area contributed by atoms with Gasteiger partial charge < -0.3 is 5.32 Å². The maximum Gasteiger partial charge on any atom is 0.328 e. The van der Waals surface area contributed by atoms with Crippen molar-refractivity contribution in [1.29, 1.82) is 0 Å². The van der Waals surface area contributed by atoms with E-state index in [1.54, 1.807) is 6.08 Å². The Hall–Kier alpha value is -2.88. The molecule has 4 heteroatoms. The molecule has 1 heterocycles. The molecule has 2 aromatic carbocycles. The van der Waals surface area contributed by atoms with Crippen LogP contribution in [-0.2, 0) is 4.79 Å². The van der Waals surface area contributed by atoms with Gasteiger partial charge in [-0.1, -0.05) is 54.6 Å². The van der Waals surface area contributed by atoms with E-state index in [2.05, 4.69) is 5.32 Å². The molecule has 1 aliphatic heterocycles. The molecule has 104 valence electrons. The molecule has 4 nitrogen and oxygen atoms in total. The first kappa shape index (κ1) is 13.1. The van der Waals surface area contributed by atoms with E-state index in [4.69, 9.17) is 0 Å². The van der Waals surface area contributed by atoms with Crippen molar-refractivity contribution in [2.24, 2.45) is 0 Å². The fourth-order valence-electron chi connectivity index (χ4n) is 2.19. The normalized spacial score (nSPS) is 16.4. The standard InChI is InChI=1S/C17H14N2O2/c1-19-16(20)15(18-17(19)21)11-12-7-9-14(10-8-12)13-5-3-2-4-6-13/h2-11H,1H3,(H,18,21)/b15-11+. The van der Waals surface area contributed by atoms with Gasteiger partial charge in [0.05, 0.1) is 0 Å². The summed E-state index contributed by atoms with van der Waals surface area (Å²) in [5.74, 6) is -0.313. The number of nitrogens with zero attached hydrogens (tertiary/aromatic N) is 1. The van der Waals surface area contributed by atoms with Crippen molar-refractivity contribution in [2.45, 2.75) is 0 Å². The van der Waals surface area contributed by atoms with Crippen molar-refractivity contribution in [3.63, 3.8) is 0 Å². The minimum Gasteiger partial charge on any atom is -0.303 e. The predicted octanol–water partition coefficient (Wildman–Crippen LogP) is 2.88. The minimum absolute atomic E-state index is 0.301. The molecule has 0 spiro atoms. The van der Waals surface area contributed by atoms with Gasteiger partial charge in [0.1, 0.15) is 5.70 Å². The molecule has 1 fully saturated rings. The molecule has 1 N–H and O–H groups in total. The number of carbonyl (C=O) groups is 2. The van der Waals surface area contributed by atoms with Gasteiger partial charge in [0.25, 0.3) is 5.91 Å². The lowest BCUT2D eigenvalue weighted by atomic mass is 10.0. The molecule has 3 rings (SSSR count). The zero-order valence-corrected chi connectivity index (χ0v) is 11.5. The lowest BCUT2D eigenvalue weighted by Crippen LogP contribution is -2.25. The molecule has 1 aliphatic rings. The molecule has 0 aromatic heterocycles. The second-order valence-electron chi connectivity index (χ2n) is 4.84. The molecule has 3 amide bonds. The number of rotatable bonds is 2. The van der Waals surface area contributed by atoms with Crippen molar-refractivity contribution in [1.82, 2.24) is 10.2 Å². The Morgan fingerprint density at radius 1 is 0.905 bits per heavy atom. The summed E-state index contributed by atoms with van der Waals surface area (Å²) in [5, 5.41) is 2.55. The number of carbonyl (C=O) groups excluding carboxylic acids is 2. The largest absolute Gasteiger partial charge is 0.328 e.